The van der Waals surface area contributed by atoms with Crippen molar-refractivity contribution < 1.29 is 4.74 Å². The summed E-state index contributed by atoms with van der Waals surface area (Å²) in [7, 11) is 1.66. The minimum Gasteiger partial charge on any atom is -0.383 e. The van der Waals surface area contributed by atoms with Gasteiger partial charge in [0.1, 0.15) is 16.8 Å². The second-order valence-corrected chi connectivity index (χ2v) is 5.34. The number of rotatable bonds is 7. The lowest BCUT2D eigenvalue weighted by atomic mass is 10.2. The van der Waals surface area contributed by atoms with E-state index in [0.717, 1.165) is 30.0 Å². The van der Waals surface area contributed by atoms with E-state index >= 15 is 0 Å². The molecule has 0 aliphatic heterocycles. The zero-order valence-corrected chi connectivity index (χ0v) is 12.7. The minimum atomic E-state index is 0.448. The van der Waals surface area contributed by atoms with Gasteiger partial charge in [-0.3, -0.25) is 0 Å². The Morgan fingerprint density at radius 3 is 2.75 bits per heavy atom. The van der Waals surface area contributed by atoms with Gasteiger partial charge in [0.05, 0.1) is 19.1 Å². The Labute approximate surface area is 124 Å². The van der Waals surface area contributed by atoms with Gasteiger partial charge in [-0.1, -0.05) is 11.6 Å². The molecule has 1 aromatic heterocycles. The highest BCUT2D eigenvalue weighted by atomic mass is 35.5. The zero-order valence-electron chi connectivity index (χ0n) is 11.9. The van der Waals surface area contributed by atoms with E-state index in [2.05, 4.69) is 20.9 Å². The smallest absolute Gasteiger partial charge is 0.137 e. The molecule has 0 N–H and O–H groups in total. The Morgan fingerprint density at radius 1 is 1.40 bits per heavy atom. The van der Waals surface area contributed by atoms with Crippen LogP contribution < -0.4 is 4.90 Å². The molecule has 1 aliphatic rings. The summed E-state index contributed by atoms with van der Waals surface area (Å²) in [6.45, 7) is 3.82. The fraction of sp³-hybridized carbons (Fsp3) is 0.643. The number of nitrogens with zero attached hydrogens (tertiary/aromatic N) is 4. The molecule has 1 aliphatic carbocycles. The first-order chi connectivity index (χ1) is 9.67. The topological polar surface area (TPSA) is 62.0 Å². The summed E-state index contributed by atoms with van der Waals surface area (Å²) in [5.74, 6) is 2.11. The van der Waals surface area contributed by atoms with Crippen LogP contribution in [0.15, 0.2) is 0 Å². The highest BCUT2D eigenvalue weighted by Crippen LogP contribution is 2.39. The Bertz CT molecular complexity index is 511. The molecule has 1 heterocycles. The fourth-order valence-corrected chi connectivity index (χ4v) is 2.21. The van der Waals surface area contributed by atoms with Crippen molar-refractivity contribution in [1.29, 1.82) is 5.26 Å². The van der Waals surface area contributed by atoms with E-state index in [1.165, 1.54) is 0 Å². The molecule has 6 heteroatoms. The highest BCUT2D eigenvalue weighted by Gasteiger charge is 2.28. The molecule has 20 heavy (non-hydrogen) atoms. The van der Waals surface area contributed by atoms with Gasteiger partial charge in [-0.05, 0) is 19.8 Å². The summed E-state index contributed by atoms with van der Waals surface area (Å²) < 4.78 is 5.13. The van der Waals surface area contributed by atoms with Crippen LogP contribution in [0.1, 0.15) is 36.6 Å². The monoisotopic (exact) mass is 294 g/mol. The third-order valence-electron chi connectivity index (χ3n) is 3.38. The van der Waals surface area contributed by atoms with Gasteiger partial charge in [0, 0.05) is 31.7 Å². The lowest BCUT2D eigenvalue weighted by Gasteiger charge is -2.24. The largest absolute Gasteiger partial charge is 0.383 e. The molecule has 5 nitrogen and oxygen atoms in total. The highest BCUT2D eigenvalue weighted by molar-refractivity contribution is 6.30. The predicted octanol–water partition coefficient (Wildman–Crippen LogP) is 2.68. The molecule has 0 bridgehead atoms. The molecule has 1 aromatic rings. The molecule has 1 fully saturated rings. The predicted molar refractivity (Wildman–Crippen MR) is 78.1 cm³/mol. The number of nitriles is 1. The van der Waals surface area contributed by atoms with Crippen LogP contribution in [0.5, 0.6) is 0 Å². The van der Waals surface area contributed by atoms with Gasteiger partial charge in [0.15, 0.2) is 0 Å². The molecule has 2 rings (SSSR count). The van der Waals surface area contributed by atoms with Crippen molar-refractivity contribution in [2.75, 3.05) is 31.7 Å². The van der Waals surface area contributed by atoms with E-state index in [1.54, 1.807) is 7.11 Å². The molecular weight excluding hydrogens is 276 g/mol. The number of aromatic nitrogens is 2. The molecule has 0 saturated heterocycles. The Kier molecular flexibility index (Phi) is 5.16. The van der Waals surface area contributed by atoms with Gasteiger partial charge in [-0.25, -0.2) is 9.97 Å². The molecule has 0 unspecified atom stereocenters. The first-order valence-electron chi connectivity index (χ1n) is 6.82. The number of hydrogen-bond donors (Lipinski definition) is 0. The summed E-state index contributed by atoms with van der Waals surface area (Å²) in [6.07, 6.45) is 2.72. The summed E-state index contributed by atoms with van der Waals surface area (Å²) in [5, 5.41) is 9.31. The van der Waals surface area contributed by atoms with Crippen LogP contribution in [-0.2, 0) is 4.74 Å². The third kappa shape index (κ3) is 3.59. The van der Waals surface area contributed by atoms with E-state index in [0.29, 0.717) is 37.2 Å². The van der Waals surface area contributed by atoms with Gasteiger partial charge in [-0.2, -0.15) is 5.26 Å². The third-order valence-corrected chi connectivity index (χ3v) is 3.75. The van der Waals surface area contributed by atoms with Crippen LogP contribution >= 0.6 is 11.6 Å². The van der Waals surface area contributed by atoms with E-state index in [-0.39, 0.29) is 0 Å². The van der Waals surface area contributed by atoms with Crippen LogP contribution in [0, 0.1) is 18.3 Å². The van der Waals surface area contributed by atoms with Crippen LogP contribution in [0.3, 0.4) is 0 Å². The average molecular weight is 295 g/mol. The zero-order chi connectivity index (χ0) is 14.5. The van der Waals surface area contributed by atoms with Crippen molar-refractivity contribution >= 4 is 17.4 Å². The average Bonchev–Trinajstić information content (AvgIpc) is 3.27. The first-order valence-corrected chi connectivity index (χ1v) is 7.20. The maximum atomic E-state index is 8.80. The van der Waals surface area contributed by atoms with E-state index in [4.69, 9.17) is 21.6 Å². The standard InChI is InChI=1S/C14H19ClN4O/c1-10-12(15)17-13(11-4-5-11)18-14(10)19(7-3-6-16)8-9-20-2/h11H,3-5,7-9H2,1-2H3. The van der Waals surface area contributed by atoms with Gasteiger partial charge in [-0.15, -0.1) is 0 Å². The summed E-state index contributed by atoms with van der Waals surface area (Å²) >= 11 is 6.23. The molecule has 0 amide bonds. The second-order valence-electron chi connectivity index (χ2n) is 4.98. The number of ether oxygens (including phenoxy) is 1. The van der Waals surface area contributed by atoms with Crippen molar-refractivity contribution in [2.24, 2.45) is 0 Å². The Hall–Kier alpha value is -1.38. The second kappa shape index (κ2) is 6.87. The number of anilines is 1. The van der Waals surface area contributed by atoms with Crippen LogP contribution in [0.25, 0.3) is 0 Å². The van der Waals surface area contributed by atoms with E-state index < -0.39 is 0 Å². The summed E-state index contributed by atoms with van der Waals surface area (Å²) in [6, 6.07) is 2.17. The molecule has 0 atom stereocenters. The van der Waals surface area contributed by atoms with Crippen molar-refractivity contribution in [2.45, 2.75) is 32.1 Å². The van der Waals surface area contributed by atoms with Gasteiger partial charge in [0.25, 0.3) is 0 Å². The lowest BCUT2D eigenvalue weighted by molar-refractivity contribution is 0.205. The van der Waals surface area contributed by atoms with Crippen LogP contribution in [0.2, 0.25) is 5.15 Å². The minimum absolute atomic E-state index is 0.448. The van der Waals surface area contributed by atoms with Crippen molar-refractivity contribution in [3.8, 4) is 6.07 Å². The Morgan fingerprint density at radius 2 is 2.15 bits per heavy atom. The number of hydrogen-bond acceptors (Lipinski definition) is 5. The van der Waals surface area contributed by atoms with Crippen LogP contribution in [-0.4, -0.2) is 36.8 Å². The van der Waals surface area contributed by atoms with Gasteiger partial charge >= 0.3 is 0 Å². The maximum Gasteiger partial charge on any atom is 0.137 e. The Balaban J connectivity index is 2.27. The SMILES string of the molecule is COCCN(CCC#N)c1nc(C2CC2)nc(Cl)c1C. The maximum absolute atomic E-state index is 8.80. The van der Waals surface area contributed by atoms with Gasteiger partial charge in [0.2, 0.25) is 0 Å². The molecule has 0 radical (unpaired) electrons. The molecular formula is C14H19ClN4O. The number of methoxy groups -OCH3 is 1. The van der Waals surface area contributed by atoms with E-state index in [9.17, 15) is 0 Å². The molecule has 0 aromatic carbocycles. The molecule has 108 valence electrons. The normalized spacial score (nSPS) is 14.1. The lowest BCUT2D eigenvalue weighted by Crippen LogP contribution is -2.30. The quantitative estimate of drug-likeness (QED) is 0.724. The number of halogens is 1. The summed E-state index contributed by atoms with van der Waals surface area (Å²) in [5.41, 5.74) is 0.866. The first kappa shape index (κ1) is 15.0. The van der Waals surface area contributed by atoms with E-state index in [1.807, 2.05) is 6.92 Å². The van der Waals surface area contributed by atoms with Crippen molar-refractivity contribution in [3.63, 3.8) is 0 Å². The van der Waals surface area contributed by atoms with Gasteiger partial charge < -0.3 is 9.64 Å². The summed E-state index contributed by atoms with van der Waals surface area (Å²) in [4.78, 5) is 11.1. The van der Waals surface area contributed by atoms with Crippen molar-refractivity contribution in [1.82, 2.24) is 9.97 Å². The van der Waals surface area contributed by atoms with Crippen LogP contribution in [0.4, 0.5) is 5.82 Å². The fourth-order valence-electron chi connectivity index (χ4n) is 2.04. The molecule has 1 saturated carbocycles. The molecule has 0 spiro atoms. The van der Waals surface area contributed by atoms with Crippen molar-refractivity contribution in [3.05, 3.63) is 16.5 Å².